The second-order valence-electron chi connectivity index (χ2n) is 5.18. The van der Waals surface area contributed by atoms with E-state index in [1.165, 1.54) is 0 Å². The Morgan fingerprint density at radius 2 is 1.64 bits per heavy atom. The molecule has 0 saturated carbocycles. The molecule has 0 spiro atoms. The molecule has 25 heavy (non-hydrogen) atoms. The number of hydrogen-bond donors (Lipinski definition) is 0. The smallest absolute Gasteiger partial charge is 0.363 e. The van der Waals surface area contributed by atoms with Gasteiger partial charge in [0.2, 0.25) is 5.90 Å². The Bertz CT molecular complexity index is 853. The number of benzene rings is 2. The normalized spacial score (nSPS) is 14.9. The van der Waals surface area contributed by atoms with Crippen LogP contribution in [0.1, 0.15) is 11.1 Å². The number of rotatable bonds is 5. The first-order valence-electron chi connectivity index (χ1n) is 7.53. The van der Waals surface area contributed by atoms with Crippen molar-refractivity contribution in [2.45, 2.75) is 0 Å². The molecule has 1 heterocycles. The van der Waals surface area contributed by atoms with Crippen LogP contribution in [-0.4, -0.2) is 33.2 Å². The van der Waals surface area contributed by atoms with Crippen molar-refractivity contribution in [3.63, 3.8) is 0 Å². The van der Waals surface area contributed by atoms with Gasteiger partial charge in [-0.25, -0.2) is 9.79 Å². The highest BCUT2D eigenvalue weighted by atomic mass is 16.6. The van der Waals surface area contributed by atoms with E-state index < -0.39 is 5.97 Å². The average Bonchev–Trinajstić information content (AvgIpc) is 3.02. The van der Waals surface area contributed by atoms with Crippen molar-refractivity contribution >= 4 is 17.9 Å². The fourth-order valence-corrected chi connectivity index (χ4v) is 2.37. The third-order valence-corrected chi connectivity index (χ3v) is 3.67. The topological polar surface area (TPSA) is 66.3 Å². The van der Waals surface area contributed by atoms with Crippen molar-refractivity contribution in [1.82, 2.24) is 0 Å². The number of esters is 1. The predicted molar refractivity (Wildman–Crippen MR) is 93.1 cm³/mol. The van der Waals surface area contributed by atoms with E-state index in [0.717, 1.165) is 11.3 Å². The maximum Gasteiger partial charge on any atom is 0.363 e. The van der Waals surface area contributed by atoms with Gasteiger partial charge < -0.3 is 18.9 Å². The van der Waals surface area contributed by atoms with E-state index in [4.69, 9.17) is 18.9 Å². The molecule has 2 aromatic rings. The van der Waals surface area contributed by atoms with Crippen molar-refractivity contribution in [2.24, 2.45) is 4.99 Å². The summed E-state index contributed by atoms with van der Waals surface area (Å²) in [6.45, 7) is 0. The lowest BCUT2D eigenvalue weighted by atomic mass is 10.1. The van der Waals surface area contributed by atoms with Crippen LogP contribution in [-0.2, 0) is 9.53 Å². The first-order chi connectivity index (χ1) is 12.1. The molecule has 0 radical (unpaired) electrons. The number of ether oxygens (including phenoxy) is 4. The predicted octanol–water partition coefficient (Wildman–Crippen LogP) is 3.06. The molecule has 0 saturated heterocycles. The monoisotopic (exact) mass is 339 g/mol. The molecule has 0 aliphatic carbocycles. The van der Waals surface area contributed by atoms with Crippen LogP contribution in [0.15, 0.2) is 53.2 Å². The largest absolute Gasteiger partial charge is 0.497 e. The van der Waals surface area contributed by atoms with Gasteiger partial charge in [-0.2, -0.15) is 0 Å². The highest BCUT2D eigenvalue weighted by Gasteiger charge is 2.24. The maximum absolute atomic E-state index is 12.1. The summed E-state index contributed by atoms with van der Waals surface area (Å²) in [5.74, 6) is 1.67. The highest BCUT2D eigenvalue weighted by molar-refractivity contribution is 6.12. The minimum atomic E-state index is -0.499. The SMILES string of the molecule is COc1ccc(C2=N/C(=C\c3ccc(OC)c(OC)c3)C(=O)O2)cc1. The van der Waals surface area contributed by atoms with Gasteiger partial charge in [-0.05, 0) is 48.0 Å². The van der Waals surface area contributed by atoms with Gasteiger partial charge in [0.15, 0.2) is 17.2 Å². The average molecular weight is 339 g/mol. The molecule has 0 atom stereocenters. The van der Waals surface area contributed by atoms with Crippen LogP contribution in [0.5, 0.6) is 17.2 Å². The molecule has 0 unspecified atom stereocenters. The van der Waals surface area contributed by atoms with E-state index in [-0.39, 0.29) is 11.6 Å². The molecule has 0 N–H and O–H groups in total. The van der Waals surface area contributed by atoms with E-state index in [1.807, 2.05) is 6.07 Å². The van der Waals surface area contributed by atoms with Crippen molar-refractivity contribution in [2.75, 3.05) is 21.3 Å². The van der Waals surface area contributed by atoms with Gasteiger partial charge in [-0.15, -0.1) is 0 Å². The molecule has 0 amide bonds. The number of carbonyl (C=O) groups excluding carboxylic acids is 1. The molecule has 3 rings (SSSR count). The van der Waals surface area contributed by atoms with Crippen molar-refractivity contribution in [3.8, 4) is 17.2 Å². The molecular formula is C19H17NO5. The van der Waals surface area contributed by atoms with Crippen molar-refractivity contribution < 1.29 is 23.7 Å². The molecule has 6 nitrogen and oxygen atoms in total. The zero-order valence-electron chi connectivity index (χ0n) is 14.1. The number of nitrogens with zero attached hydrogens (tertiary/aromatic N) is 1. The van der Waals surface area contributed by atoms with E-state index in [1.54, 1.807) is 63.8 Å². The number of cyclic esters (lactones) is 1. The Hall–Kier alpha value is -3.28. The Balaban J connectivity index is 1.90. The van der Waals surface area contributed by atoms with Gasteiger partial charge in [-0.3, -0.25) is 0 Å². The number of aliphatic imine (C=N–C) groups is 1. The lowest BCUT2D eigenvalue weighted by Gasteiger charge is -2.07. The molecule has 1 aliphatic heterocycles. The summed E-state index contributed by atoms with van der Waals surface area (Å²) >= 11 is 0. The van der Waals surface area contributed by atoms with Crippen LogP contribution in [0.2, 0.25) is 0 Å². The second-order valence-corrected chi connectivity index (χ2v) is 5.18. The summed E-state index contributed by atoms with van der Waals surface area (Å²) in [5.41, 5.74) is 1.67. The van der Waals surface area contributed by atoms with Gasteiger partial charge in [0.05, 0.1) is 21.3 Å². The van der Waals surface area contributed by atoms with Crippen molar-refractivity contribution in [3.05, 3.63) is 59.3 Å². The molecule has 0 bridgehead atoms. The second kappa shape index (κ2) is 7.09. The van der Waals surface area contributed by atoms with E-state index in [0.29, 0.717) is 17.1 Å². The van der Waals surface area contributed by atoms with Gasteiger partial charge in [-0.1, -0.05) is 6.07 Å². The van der Waals surface area contributed by atoms with E-state index in [9.17, 15) is 4.79 Å². The molecule has 128 valence electrons. The molecule has 6 heteroatoms. The van der Waals surface area contributed by atoms with Crippen LogP contribution in [0.25, 0.3) is 6.08 Å². The Morgan fingerprint density at radius 1 is 0.920 bits per heavy atom. The van der Waals surface area contributed by atoms with Crippen LogP contribution < -0.4 is 14.2 Å². The fourth-order valence-electron chi connectivity index (χ4n) is 2.37. The van der Waals surface area contributed by atoms with Crippen LogP contribution in [0.3, 0.4) is 0 Å². The first-order valence-corrected chi connectivity index (χ1v) is 7.53. The molecule has 1 aliphatic rings. The van der Waals surface area contributed by atoms with Crippen molar-refractivity contribution in [1.29, 1.82) is 0 Å². The van der Waals surface area contributed by atoms with Crippen LogP contribution >= 0.6 is 0 Å². The summed E-state index contributed by atoms with van der Waals surface area (Å²) in [7, 11) is 4.71. The third-order valence-electron chi connectivity index (χ3n) is 3.67. The number of methoxy groups -OCH3 is 3. The third kappa shape index (κ3) is 3.47. The lowest BCUT2D eigenvalue weighted by Crippen LogP contribution is -2.05. The summed E-state index contributed by atoms with van der Waals surface area (Å²) in [6.07, 6.45) is 1.64. The minimum Gasteiger partial charge on any atom is -0.497 e. The van der Waals surface area contributed by atoms with E-state index >= 15 is 0 Å². The Kier molecular flexibility index (Phi) is 4.70. The Morgan fingerprint density at radius 3 is 2.28 bits per heavy atom. The zero-order chi connectivity index (χ0) is 17.8. The van der Waals surface area contributed by atoms with Crippen LogP contribution in [0, 0.1) is 0 Å². The van der Waals surface area contributed by atoms with Gasteiger partial charge in [0.1, 0.15) is 5.75 Å². The van der Waals surface area contributed by atoms with Gasteiger partial charge in [0.25, 0.3) is 0 Å². The standard InChI is InChI=1S/C19H17NO5/c1-22-14-7-5-13(6-8-14)18-20-15(19(21)25-18)10-12-4-9-16(23-2)17(11-12)24-3/h4-11H,1-3H3/b15-10-. The lowest BCUT2D eigenvalue weighted by molar-refractivity contribution is -0.129. The summed E-state index contributed by atoms with van der Waals surface area (Å²) in [4.78, 5) is 16.4. The minimum absolute atomic E-state index is 0.220. The molecule has 2 aromatic carbocycles. The fraction of sp³-hybridized carbons (Fsp3) is 0.158. The molecular weight excluding hydrogens is 322 g/mol. The quantitative estimate of drug-likeness (QED) is 0.619. The number of hydrogen-bond acceptors (Lipinski definition) is 6. The summed E-state index contributed by atoms with van der Waals surface area (Å²) < 4.78 is 20.8. The first kappa shape index (κ1) is 16.6. The van der Waals surface area contributed by atoms with E-state index in [2.05, 4.69) is 4.99 Å². The van der Waals surface area contributed by atoms with Crippen LogP contribution in [0.4, 0.5) is 0 Å². The molecule has 0 aromatic heterocycles. The highest BCUT2D eigenvalue weighted by Crippen LogP contribution is 2.29. The summed E-state index contributed by atoms with van der Waals surface area (Å²) in [6, 6.07) is 12.5. The maximum atomic E-state index is 12.1. The number of carbonyl (C=O) groups is 1. The van der Waals surface area contributed by atoms with Gasteiger partial charge in [0, 0.05) is 5.56 Å². The Labute approximate surface area is 145 Å². The summed E-state index contributed by atoms with van der Waals surface area (Å²) in [5, 5.41) is 0. The zero-order valence-corrected chi connectivity index (χ0v) is 14.1. The van der Waals surface area contributed by atoms with Gasteiger partial charge >= 0.3 is 5.97 Å². The molecule has 0 fully saturated rings.